The second-order valence-electron chi connectivity index (χ2n) is 1.32. The molecule has 0 saturated carbocycles. The molecule has 0 unspecified atom stereocenters. The van der Waals surface area contributed by atoms with E-state index in [1.165, 1.54) is 6.20 Å². The highest BCUT2D eigenvalue weighted by molar-refractivity contribution is 5.89. The first-order chi connectivity index (χ1) is 3.93. The van der Waals surface area contributed by atoms with Crippen LogP contribution in [0.5, 0.6) is 0 Å². The fourth-order valence-electron chi connectivity index (χ4n) is 0.423. The standard InChI is InChI=1S/C6H6NO/c1-2-3-6-7-4-5-8-6/h2-4H,1H3/q+1. The van der Waals surface area contributed by atoms with Crippen LogP contribution in [0, 0.1) is 6.26 Å². The Morgan fingerprint density at radius 1 is 1.88 bits per heavy atom. The van der Waals surface area contributed by atoms with E-state index >= 15 is 0 Å². The molecule has 0 atom stereocenters. The molecule has 40 valence electrons. The second kappa shape index (κ2) is 2.24. The molecule has 1 heterocycles. The monoisotopic (exact) mass is 108 g/mol. The number of hydrogen-bond acceptors (Lipinski definition) is 2. The fraction of sp³-hybridized carbons (Fsp3) is 0.167. The Labute approximate surface area is 48.2 Å². The second-order valence-corrected chi connectivity index (χ2v) is 1.32. The maximum absolute atomic E-state index is 4.75. The van der Waals surface area contributed by atoms with Crippen molar-refractivity contribution in [3.05, 3.63) is 24.6 Å². The Kier molecular flexibility index (Phi) is 1.40. The van der Waals surface area contributed by atoms with Crippen LogP contribution in [0.2, 0.25) is 0 Å². The zero-order valence-corrected chi connectivity index (χ0v) is 4.59. The normalized spacial score (nSPS) is 15.9. The van der Waals surface area contributed by atoms with Crippen LogP contribution in [-0.2, 0) is 4.74 Å². The quantitative estimate of drug-likeness (QED) is 0.463. The summed E-state index contributed by atoms with van der Waals surface area (Å²) in [7, 11) is 0. The molecule has 0 fully saturated rings. The molecule has 0 saturated heterocycles. The Morgan fingerprint density at radius 2 is 2.75 bits per heavy atom. The third-order valence-corrected chi connectivity index (χ3v) is 0.717. The smallest absolute Gasteiger partial charge is 0.203 e. The van der Waals surface area contributed by atoms with E-state index in [0.717, 1.165) is 0 Å². The van der Waals surface area contributed by atoms with Gasteiger partial charge in [-0.3, -0.25) is 0 Å². The Bertz CT molecular complexity index is 156. The summed E-state index contributed by atoms with van der Waals surface area (Å²) >= 11 is 0. The van der Waals surface area contributed by atoms with Crippen molar-refractivity contribution in [3.63, 3.8) is 0 Å². The molecule has 8 heavy (non-hydrogen) atoms. The number of allylic oxidation sites excluding steroid dienone is 1. The first kappa shape index (κ1) is 5.01. The molecular weight excluding hydrogens is 102 g/mol. The van der Waals surface area contributed by atoms with E-state index in [9.17, 15) is 0 Å². The van der Waals surface area contributed by atoms with Crippen LogP contribution in [0.3, 0.4) is 0 Å². The van der Waals surface area contributed by atoms with Gasteiger partial charge in [0.2, 0.25) is 6.20 Å². The van der Waals surface area contributed by atoms with Gasteiger partial charge in [0, 0.05) is 0 Å². The van der Waals surface area contributed by atoms with Gasteiger partial charge in [-0.15, -0.1) is 0 Å². The van der Waals surface area contributed by atoms with Crippen LogP contribution >= 0.6 is 0 Å². The minimum absolute atomic E-state index is 0.604. The van der Waals surface area contributed by atoms with Crippen LogP contribution in [0.15, 0.2) is 23.3 Å². The molecular formula is C6H6NO+. The van der Waals surface area contributed by atoms with Gasteiger partial charge >= 0.3 is 12.2 Å². The summed E-state index contributed by atoms with van der Waals surface area (Å²) < 4.78 is 4.75. The molecule has 0 radical (unpaired) electrons. The predicted molar refractivity (Wildman–Crippen MR) is 31.1 cm³/mol. The van der Waals surface area contributed by atoms with Crippen molar-refractivity contribution in [1.82, 2.24) is 0 Å². The third-order valence-electron chi connectivity index (χ3n) is 0.717. The van der Waals surface area contributed by atoms with Gasteiger partial charge in [0.25, 0.3) is 0 Å². The number of nitrogens with zero attached hydrogens (tertiary/aromatic N) is 1. The highest BCUT2D eigenvalue weighted by Gasteiger charge is 2.09. The summed E-state index contributed by atoms with van der Waals surface area (Å²) in [6.45, 7) is 1.91. The molecule has 1 aliphatic heterocycles. The molecule has 2 heteroatoms. The predicted octanol–water partition coefficient (Wildman–Crippen LogP) is 1.27. The van der Waals surface area contributed by atoms with E-state index in [4.69, 9.17) is 4.74 Å². The van der Waals surface area contributed by atoms with Crippen LogP contribution in [-0.4, -0.2) is 5.90 Å². The van der Waals surface area contributed by atoms with Gasteiger partial charge in [0.1, 0.15) is 0 Å². The van der Waals surface area contributed by atoms with Crippen LogP contribution in [0.4, 0.5) is 0 Å². The first-order valence-electron chi connectivity index (χ1n) is 2.38. The van der Waals surface area contributed by atoms with Gasteiger partial charge in [-0.25, -0.2) is 4.74 Å². The van der Waals surface area contributed by atoms with Crippen molar-refractivity contribution < 1.29 is 4.74 Å². The van der Waals surface area contributed by atoms with Crippen molar-refractivity contribution in [2.75, 3.05) is 0 Å². The molecule has 0 aliphatic carbocycles. The van der Waals surface area contributed by atoms with Gasteiger partial charge in [-0.1, -0.05) is 11.1 Å². The van der Waals surface area contributed by atoms with Gasteiger partial charge in [-0.05, 0) is 6.92 Å². The van der Waals surface area contributed by atoms with E-state index < -0.39 is 0 Å². The lowest BCUT2D eigenvalue weighted by Crippen LogP contribution is -1.88. The highest BCUT2D eigenvalue weighted by atomic mass is 16.5. The molecule has 0 aromatic heterocycles. The van der Waals surface area contributed by atoms with E-state index in [1.54, 1.807) is 6.08 Å². The summed E-state index contributed by atoms with van der Waals surface area (Å²) in [5.41, 5.74) is 0. The molecule has 0 aromatic carbocycles. The van der Waals surface area contributed by atoms with Gasteiger partial charge in [-0.2, -0.15) is 0 Å². The summed E-state index contributed by atoms with van der Waals surface area (Å²) in [6.07, 6.45) is 7.61. The topological polar surface area (TPSA) is 21.6 Å². The largest absolute Gasteiger partial charge is 0.382 e. The molecule has 0 spiro atoms. The molecule has 0 N–H and O–H groups in total. The van der Waals surface area contributed by atoms with E-state index in [2.05, 4.69) is 11.3 Å². The minimum Gasteiger partial charge on any atom is -0.203 e. The summed E-state index contributed by atoms with van der Waals surface area (Å²) in [4.78, 5) is 3.80. The zero-order chi connectivity index (χ0) is 5.82. The summed E-state index contributed by atoms with van der Waals surface area (Å²) in [6, 6.07) is 0. The zero-order valence-electron chi connectivity index (χ0n) is 4.59. The number of ether oxygens (including phenoxy) is 1. The van der Waals surface area contributed by atoms with Crippen molar-refractivity contribution in [1.29, 1.82) is 0 Å². The van der Waals surface area contributed by atoms with Crippen molar-refractivity contribution in [3.8, 4) is 0 Å². The van der Waals surface area contributed by atoms with Crippen LogP contribution in [0.1, 0.15) is 6.92 Å². The first-order valence-corrected chi connectivity index (χ1v) is 2.38. The fourth-order valence-corrected chi connectivity index (χ4v) is 0.423. The van der Waals surface area contributed by atoms with E-state index in [0.29, 0.717) is 5.90 Å². The van der Waals surface area contributed by atoms with E-state index in [1.807, 2.05) is 13.0 Å². The number of hydrogen-bond donors (Lipinski definition) is 0. The van der Waals surface area contributed by atoms with Crippen LogP contribution < -0.4 is 0 Å². The lowest BCUT2D eigenvalue weighted by atomic mass is 10.5. The van der Waals surface area contributed by atoms with Gasteiger partial charge in [0.05, 0.1) is 6.08 Å². The molecule has 0 amide bonds. The summed E-state index contributed by atoms with van der Waals surface area (Å²) in [5, 5.41) is 0. The number of aliphatic imine (C=N–C) groups is 1. The van der Waals surface area contributed by atoms with Crippen LogP contribution in [0.25, 0.3) is 0 Å². The minimum atomic E-state index is 0.604. The molecule has 2 nitrogen and oxygen atoms in total. The highest BCUT2D eigenvalue weighted by Crippen LogP contribution is 1.94. The lowest BCUT2D eigenvalue weighted by molar-refractivity contribution is 0.461. The third kappa shape index (κ3) is 0.922. The SMILES string of the molecule is CC=CC1=NC=[C+]O1. The Morgan fingerprint density at radius 3 is 3.25 bits per heavy atom. The van der Waals surface area contributed by atoms with E-state index in [-0.39, 0.29) is 0 Å². The van der Waals surface area contributed by atoms with Crippen molar-refractivity contribution >= 4 is 5.90 Å². The maximum atomic E-state index is 4.75. The summed E-state index contributed by atoms with van der Waals surface area (Å²) in [5.74, 6) is 0.604. The molecule has 1 rings (SSSR count). The van der Waals surface area contributed by atoms with Crippen molar-refractivity contribution in [2.45, 2.75) is 6.92 Å². The van der Waals surface area contributed by atoms with Gasteiger partial charge < -0.3 is 0 Å². The molecule has 1 aliphatic rings. The Hall–Kier alpha value is -1.14. The molecule has 0 aromatic rings. The van der Waals surface area contributed by atoms with Crippen molar-refractivity contribution in [2.24, 2.45) is 4.99 Å². The molecule has 0 bridgehead atoms. The average molecular weight is 108 g/mol. The lowest BCUT2D eigenvalue weighted by Gasteiger charge is -1.70. The average Bonchev–Trinajstić information content (AvgIpc) is 2.19. The maximum Gasteiger partial charge on any atom is 0.382 e. The number of rotatable bonds is 1. The van der Waals surface area contributed by atoms with Gasteiger partial charge in [0.15, 0.2) is 0 Å². The Balaban J connectivity index is 2.51.